The van der Waals surface area contributed by atoms with E-state index in [1.54, 1.807) is 38.1 Å². The summed E-state index contributed by atoms with van der Waals surface area (Å²) in [7, 11) is 0. The molecule has 0 radical (unpaired) electrons. The topological polar surface area (TPSA) is 182 Å². The zero-order valence-corrected chi connectivity index (χ0v) is 24.7. The third-order valence-corrected chi connectivity index (χ3v) is 10.4. The van der Waals surface area contributed by atoms with Gasteiger partial charge >= 0.3 is 5.97 Å². The average Bonchev–Trinajstić information content (AvgIpc) is 3.15. The second-order valence-corrected chi connectivity index (χ2v) is 13.3. The highest BCUT2D eigenvalue weighted by molar-refractivity contribution is 6.21. The molecule has 0 aromatic heterocycles. The molecule has 1 aromatic rings. The van der Waals surface area contributed by atoms with Crippen molar-refractivity contribution in [3.63, 3.8) is 0 Å². The number of carbonyl (C=O) groups excluding carboxylic acids is 4. The Morgan fingerprint density at radius 3 is 2.21 bits per heavy atom. The van der Waals surface area contributed by atoms with Crippen LogP contribution in [0.25, 0.3) is 0 Å². The highest BCUT2D eigenvalue weighted by Crippen LogP contribution is 2.67. The number of rotatable bonds is 5. The summed E-state index contributed by atoms with van der Waals surface area (Å²) < 4.78 is 12.3. The summed E-state index contributed by atoms with van der Waals surface area (Å²) in [5.74, 6) is -3.35. The molecule has 11 heteroatoms. The Bertz CT molecular complexity index is 1310. The molecular weight excluding hydrogens is 546 g/mol. The molecule has 2 heterocycles. The first-order chi connectivity index (χ1) is 19.0. The van der Waals surface area contributed by atoms with Crippen molar-refractivity contribution in [3.8, 4) is 0 Å². The second-order valence-electron chi connectivity index (χ2n) is 13.3. The van der Waals surface area contributed by atoms with E-state index in [4.69, 9.17) is 9.47 Å². The first-order valence-electron chi connectivity index (χ1n) is 14.1. The number of fused-ring (bicyclic) bond motifs is 4. The number of nitrogens with zero attached hydrogens (tertiary/aromatic N) is 1. The van der Waals surface area contributed by atoms with Gasteiger partial charge in [-0.1, -0.05) is 39.0 Å². The summed E-state index contributed by atoms with van der Waals surface area (Å²) >= 11 is 0. The molecule has 230 valence electrons. The average molecular weight is 588 g/mol. The predicted molar refractivity (Wildman–Crippen MR) is 149 cm³/mol. The lowest BCUT2D eigenvalue weighted by atomic mass is 9.40. The van der Waals surface area contributed by atoms with Crippen molar-refractivity contribution in [2.45, 2.75) is 95.4 Å². The van der Waals surface area contributed by atoms with Crippen molar-refractivity contribution in [3.05, 3.63) is 48.0 Å². The molecule has 0 unspecified atom stereocenters. The Morgan fingerprint density at radius 1 is 1.10 bits per heavy atom. The number of ketones is 1. The molecule has 11 nitrogen and oxygen atoms in total. The number of benzene rings is 1. The number of imide groups is 1. The second kappa shape index (κ2) is 10.1. The predicted octanol–water partition coefficient (Wildman–Crippen LogP) is 1.36. The van der Waals surface area contributed by atoms with Gasteiger partial charge in [0, 0.05) is 24.3 Å². The fourth-order valence-electron chi connectivity index (χ4n) is 8.33. The lowest BCUT2D eigenvalue weighted by Crippen LogP contribution is -2.86. The minimum atomic E-state index is -2.34. The fraction of sp³-hybridized carbons (Fsp3) is 0.613. The maximum Gasteiger partial charge on any atom is 0.308 e. The Labute approximate surface area is 244 Å². The van der Waals surface area contributed by atoms with Gasteiger partial charge in [-0.15, -0.1) is 6.58 Å². The Morgan fingerprint density at radius 2 is 1.67 bits per heavy atom. The summed E-state index contributed by atoms with van der Waals surface area (Å²) in [4.78, 5) is 53.8. The maximum atomic E-state index is 14.0. The van der Waals surface area contributed by atoms with Crippen LogP contribution in [-0.4, -0.2) is 90.9 Å². The Balaban J connectivity index is 0.00000405. The van der Waals surface area contributed by atoms with Crippen molar-refractivity contribution in [1.29, 1.82) is 0 Å². The van der Waals surface area contributed by atoms with Crippen LogP contribution in [0.3, 0.4) is 0 Å². The molecule has 5 N–H and O–H groups in total. The summed E-state index contributed by atoms with van der Waals surface area (Å²) in [5, 5.41) is 35.8. The van der Waals surface area contributed by atoms with E-state index in [9.17, 15) is 34.5 Å². The van der Waals surface area contributed by atoms with E-state index in [0.29, 0.717) is 12.8 Å². The minimum Gasteiger partial charge on any atom is -0.456 e. The van der Waals surface area contributed by atoms with Gasteiger partial charge in [0.1, 0.15) is 5.60 Å². The Hall–Kier alpha value is -2.96. The molecule has 2 saturated carbocycles. The summed E-state index contributed by atoms with van der Waals surface area (Å²) in [6, 6.07) is 6.38. The van der Waals surface area contributed by atoms with Gasteiger partial charge in [-0.05, 0) is 44.2 Å². The van der Waals surface area contributed by atoms with E-state index in [1.165, 1.54) is 13.0 Å². The zero-order chi connectivity index (χ0) is 30.3. The summed E-state index contributed by atoms with van der Waals surface area (Å²) in [6.07, 6.45) is -2.49. The maximum absolute atomic E-state index is 14.0. The number of hydrogen-bond donors (Lipinski definition) is 3. The van der Waals surface area contributed by atoms with Crippen LogP contribution >= 0.6 is 0 Å². The number of esters is 1. The fourth-order valence-corrected chi connectivity index (χ4v) is 8.33. The largest absolute Gasteiger partial charge is 0.456 e. The normalized spacial score (nSPS) is 40.4. The van der Waals surface area contributed by atoms with E-state index < -0.39 is 75.4 Å². The molecule has 4 aliphatic rings. The molecule has 1 saturated heterocycles. The smallest absolute Gasteiger partial charge is 0.308 e. The van der Waals surface area contributed by atoms with E-state index in [2.05, 4.69) is 6.58 Å². The van der Waals surface area contributed by atoms with Gasteiger partial charge in [0.05, 0.1) is 35.4 Å². The number of amides is 2. The number of hydrogen-bond acceptors (Lipinski definition) is 9. The molecule has 42 heavy (non-hydrogen) atoms. The zero-order valence-electron chi connectivity index (χ0n) is 24.7. The van der Waals surface area contributed by atoms with Crippen molar-refractivity contribution in [2.24, 2.45) is 16.7 Å². The minimum absolute atomic E-state index is 0. The van der Waals surface area contributed by atoms with Crippen LogP contribution in [0.4, 0.5) is 0 Å². The number of ether oxygens (including phenoxy) is 2. The SMILES string of the molecule is C=C[C@@]1(C)CC(=O)[C@]2(O)[C@@]3(C)[C@@H](O)CCC(C)(C)[C@@H]3[C@H](O)[C@H](OC(=O)CCN3C(=O)c4ccccc4C3=O)[C@@]2(C)O1.O. The van der Waals surface area contributed by atoms with Crippen LogP contribution in [0.2, 0.25) is 0 Å². The van der Waals surface area contributed by atoms with Crippen LogP contribution in [-0.2, 0) is 19.1 Å². The van der Waals surface area contributed by atoms with E-state index in [-0.39, 0.29) is 36.0 Å². The molecule has 0 bridgehead atoms. The molecule has 2 aliphatic carbocycles. The third-order valence-electron chi connectivity index (χ3n) is 10.4. The van der Waals surface area contributed by atoms with E-state index in [1.807, 2.05) is 13.8 Å². The molecule has 0 spiro atoms. The van der Waals surface area contributed by atoms with E-state index in [0.717, 1.165) is 4.90 Å². The highest BCUT2D eigenvalue weighted by Gasteiger charge is 2.81. The highest BCUT2D eigenvalue weighted by atomic mass is 16.6. The van der Waals surface area contributed by atoms with Gasteiger partial charge in [0.2, 0.25) is 0 Å². The number of carbonyl (C=O) groups is 4. The summed E-state index contributed by atoms with van der Waals surface area (Å²) in [6.45, 7) is 11.9. The van der Waals surface area contributed by atoms with Crippen molar-refractivity contribution in [2.75, 3.05) is 6.54 Å². The van der Waals surface area contributed by atoms with Crippen LogP contribution in [0.5, 0.6) is 0 Å². The molecule has 5 rings (SSSR count). The van der Waals surface area contributed by atoms with Crippen LogP contribution < -0.4 is 0 Å². The standard InChI is InChI=1S/C31H39NO9.H2O/c1-7-28(4)16-20(34)31(39)29(5)19(33)12-14-27(2,3)23(29)22(36)24(30(31,6)41-28)40-21(35)13-15-32-25(37)17-10-8-9-11-18(17)26(32)38;/h7-11,19,22-24,33,36,39H,1,12-16H2,2-6H3;1H2/t19-,22-,23-,24-,28-,29-,30+,31-;/m0./s1. The van der Waals surface area contributed by atoms with Crippen LogP contribution in [0, 0.1) is 16.7 Å². The molecule has 1 aromatic carbocycles. The van der Waals surface area contributed by atoms with Gasteiger partial charge < -0.3 is 30.3 Å². The molecule has 2 amide bonds. The molecule has 2 aliphatic heterocycles. The van der Waals surface area contributed by atoms with Gasteiger partial charge in [-0.25, -0.2) is 0 Å². The van der Waals surface area contributed by atoms with Crippen LogP contribution in [0.15, 0.2) is 36.9 Å². The Kier molecular flexibility index (Phi) is 7.65. The number of Topliss-reactive ketones (excluding diaryl/α,β-unsaturated/α-hetero) is 1. The first-order valence-corrected chi connectivity index (χ1v) is 14.1. The van der Waals surface area contributed by atoms with Gasteiger partial charge in [-0.3, -0.25) is 24.1 Å². The molecular formula is C31H41NO10. The van der Waals surface area contributed by atoms with Crippen molar-refractivity contribution in [1.82, 2.24) is 4.90 Å². The van der Waals surface area contributed by atoms with Gasteiger partial charge in [-0.2, -0.15) is 0 Å². The van der Waals surface area contributed by atoms with Crippen LogP contribution in [0.1, 0.15) is 81.0 Å². The summed E-state index contributed by atoms with van der Waals surface area (Å²) in [5.41, 5.74) is -7.25. The third kappa shape index (κ3) is 4.05. The van der Waals surface area contributed by atoms with Gasteiger partial charge in [0.15, 0.2) is 17.5 Å². The number of aliphatic hydroxyl groups is 3. The van der Waals surface area contributed by atoms with Crippen molar-refractivity contribution < 1.29 is 49.4 Å². The quantitative estimate of drug-likeness (QED) is 0.260. The lowest BCUT2D eigenvalue weighted by Gasteiger charge is -2.71. The lowest BCUT2D eigenvalue weighted by molar-refractivity contribution is -0.370. The molecule has 3 fully saturated rings. The van der Waals surface area contributed by atoms with Crippen molar-refractivity contribution >= 4 is 23.6 Å². The monoisotopic (exact) mass is 587 g/mol. The van der Waals surface area contributed by atoms with E-state index >= 15 is 0 Å². The van der Waals surface area contributed by atoms with Gasteiger partial charge in [0.25, 0.3) is 11.8 Å². The number of aliphatic hydroxyl groups excluding tert-OH is 2. The first kappa shape index (κ1) is 32.0. The molecule has 8 atom stereocenters.